The molecule has 0 saturated heterocycles. The Morgan fingerprint density at radius 3 is 1.82 bits per heavy atom. The highest BCUT2D eigenvalue weighted by Gasteiger charge is 2.00. The van der Waals surface area contributed by atoms with Crippen LogP contribution in [0.1, 0.15) is 103 Å². The lowest BCUT2D eigenvalue weighted by Crippen LogP contribution is -2.02. The molecule has 3 heteroatoms. The maximum Gasteiger partial charge on any atom is 0.303 e. The van der Waals surface area contributed by atoms with Gasteiger partial charge in [-0.1, -0.05) is 96.6 Å². The van der Waals surface area contributed by atoms with Crippen LogP contribution in [-0.2, 0) is 11.2 Å². The molecule has 28 heavy (non-hydrogen) atoms. The minimum Gasteiger partial charge on any atom is -0.481 e. The average molecular weight is 390 g/mol. The molecule has 0 bridgehead atoms. The van der Waals surface area contributed by atoms with Gasteiger partial charge in [0.05, 0.1) is 0 Å². The van der Waals surface area contributed by atoms with Crippen LogP contribution in [0.5, 0.6) is 0 Å². The van der Waals surface area contributed by atoms with E-state index in [0.29, 0.717) is 6.42 Å². The molecule has 0 radical (unpaired) electrons. The van der Waals surface area contributed by atoms with Crippen molar-refractivity contribution < 1.29 is 9.90 Å². The Kier molecular flexibility index (Phi) is 14.4. The molecule has 3 nitrogen and oxygen atoms in total. The fourth-order valence-corrected chi connectivity index (χ4v) is 3.54. The summed E-state index contributed by atoms with van der Waals surface area (Å²) in [6.07, 6.45) is 17.4. The predicted octanol–water partition coefficient (Wildman–Crippen LogP) is 7.45. The molecule has 0 spiro atoms. The van der Waals surface area contributed by atoms with Crippen molar-refractivity contribution in [2.45, 2.75) is 104 Å². The maximum absolute atomic E-state index is 10.6. The van der Waals surface area contributed by atoms with E-state index in [4.69, 9.17) is 5.11 Å². The number of nitrogens with one attached hydrogen (secondary N) is 1. The normalized spacial score (nSPS) is 11.1. The number of hydrogen-bond acceptors (Lipinski definition) is 2. The minimum atomic E-state index is -0.737. The van der Waals surface area contributed by atoms with Crippen LogP contribution in [0.2, 0.25) is 0 Å². The molecule has 0 aliphatic heterocycles. The fraction of sp³-hybridized carbons (Fsp3) is 0.720. The number of rotatable bonds is 18. The van der Waals surface area contributed by atoms with Crippen molar-refractivity contribution in [3.8, 4) is 0 Å². The molecule has 0 aliphatic carbocycles. The number of hydrogen-bond donors (Lipinski definition) is 2. The Balaban J connectivity index is 1.87. The summed E-state index contributed by atoms with van der Waals surface area (Å²) in [6, 6.07) is 8.16. The van der Waals surface area contributed by atoms with Crippen LogP contribution in [-0.4, -0.2) is 17.6 Å². The Hall–Kier alpha value is -1.51. The molecule has 1 aromatic rings. The van der Waals surface area contributed by atoms with Crippen LogP contribution in [0, 0.1) is 5.92 Å². The van der Waals surface area contributed by atoms with Gasteiger partial charge in [-0.2, -0.15) is 0 Å². The molecule has 0 fully saturated rings. The molecular weight excluding hydrogens is 346 g/mol. The third-order valence-corrected chi connectivity index (χ3v) is 5.37. The Labute approximate surface area is 173 Å². The maximum atomic E-state index is 10.6. The van der Waals surface area contributed by atoms with Crippen molar-refractivity contribution in [2.24, 2.45) is 5.92 Å². The summed E-state index contributed by atoms with van der Waals surface area (Å²) >= 11 is 0. The van der Waals surface area contributed by atoms with Gasteiger partial charge in [-0.15, -0.1) is 0 Å². The summed E-state index contributed by atoms with van der Waals surface area (Å²) in [5, 5.41) is 12.2. The number of carbonyl (C=O) groups is 1. The molecule has 2 N–H and O–H groups in total. The molecule has 0 aliphatic rings. The van der Waals surface area contributed by atoms with Crippen LogP contribution in [0.3, 0.4) is 0 Å². The summed E-state index contributed by atoms with van der Waals surface area (Å²) in [4.78, 5) is 10.6. The highest BCUT2D eigenvalue weighted by Crippen LogP contribution is 2.14. The quantitative estimate of drug-likeness (QED) is 0.256. The van der Waals surface area contributed by atoms with Gasteiger partial charge in [-0.3, -0.25) is 4.79 Å². The first-order valence-electron chi connectivity index (χ1n) is 11.6. The standard InChI is InChI=1S/C25H43NO2/c1-22(2)14-12-10-8-6-4-3-5-7-9-11-13-21-26-24-18-15-23(16-19-24)17-20-25(27)28/h15-16,18-19,22,26H,3-14,17,20-21H2,1-2H3,(H,27,28). The Morgan fingerprint density at radius 1 is 0.821 bits per heavy atom. The van der Waals surface area contributed by atoms with Gasteiger partial charge in [0.2, 0.25) is 0 Å². The van der Waals surface area contributed by atoms with Gasteiger partial charge in [0, 0.05) is 18.7 Å². The van der Waals surface area contributed by atoms with Crippen molar-refractivity contribution in [3.05, 3.63) is 29.8 Å². The highest BCUT2D eigenvalue weighted by molar-refractivity contribution is 5.67. The van der Waals surface area contributed by atoms with E-state index in [1.165, 1.54) is 77.0 Å². The summed E-state index contributed by atoms with van der Waals surface area (Å²) in [5.74, 6) is 0.130. The zero-order valence-electron chi connectivity index (χ0n) is 18.3. The van der Waals surface area contributed by atoms with E-state index >= 15 is 0 Å². The largest absolute Gasteiger partial charge is 0.481 e. The molecule has 1 rings (SSSR count). The lowest BCUT2D eigenvalue weighted by molar-refractivity contribution is -0.136. The monoisotopic (exact) mass is 389 g/mol. The van der Waals surface area contributed by atoms with Gasteiger partial charge in [-0.05, 0) is 36.5 Å². The van der Waals surface area contributed by atoms with E-state index in [-0.39, 0.29) is 6.42 Å². The third-order valence-electron chi connectivity index (χ3n) is 5.37. The molecule has 0 saturated carbocycles. The second kappa shape index (κ2) is 16.4. The summed E-state index contributed by atoms with van der Waals surface area (Å²) < 4.78 is 0. The van der Waals surface area contributed by atoms with Crippen LogP contribution in [0.15, 0.2) is 24.3 Å². The van der Waals surface area contributed by atoms with Crippen molar-refractivity contribution in [2.75, 3.05) is 11.9 Å². The van der Waals surface area contributed by atoms with E-state index in [0.717, 1.165) is 23.7 Å². The third kappa shape index (κ3) is 14.5. The van der Waals surface area contributed by atoms with Gasteiger partial charge in [0.1, 0.15) is 0 Å². The SMILES string of the molecule is CC(C)CCCCCCCCCCCCCNc1ccc(CCC(=O)O)cc1. The summed E-state index contributed by atoms with van der Waals surface area (Å²) in [7, 11) is 0. The van der Waals surface area contributed by atoms with Crippen molar-refractivity contribution in [1.82, 2.24) is 0 Å². The van der Waals surface area contributed by atoms with Gasteiger partial charge in [0.15, 0.2) is 0 Å². The zero-order valence-corrected chi connectivity index (χ0v) is 18.3. The fourth-order valence-electron chi connectivity index (χ4n) is 3.54. The first-order chi connectivity index (χ1) is 13.6. The van der Waals surface area contributed by atoms with Gasteiger partial charge in [0.25, 0.3) is 0 Å². The second-order valence-electron chi connectivity index (χ2n) is 8.59. The van der Waals surface area contributed by atoms with E-state index < -0.39 is 5.97 Å². The van der Waals surface area contributed by atoms with E-state index in [9.17, 15) is 4.79 Å². The number of anilines is 1. The Morgan fingerprint density at radius 2 is 1.32 bits per heavy atom. The second-order valence-corrected chi connectivity index (χ2v) is 8.59. The van der Waals surface area contributed by atoms with E-state index in [1.54, 1.807) is 0 Å². The number of carboxylic acid groups (broad SMARTS) is 1. The minimum absolute atomic E-state index is 0.199. The number of aryl methyl sites for hydroxylation is 1. The first kappa shape index (κ1) is 24.5. The summed E-state index contributed by atoms with van der Waals surface area (Å²) in [6.45, 7) is 5.66. The molecular formula is C25H43NO2. The van der Waals surface area contributed by atoms with E-state index in [1.807, 2.05) is 12.1 Å². The van der Waals surface area contributed by atoms with Gasteiger partial charge in [-0.25, -0.2) is 0 Å². The topological polar surface area (TPSA) is 49.3 Å². The lowest BCUT2D eigenvalue weighted by Gasteiger charge is -2.07. The van der Waals surface area contributed by atoms with E-state index in [2.05, 4.69) is 31.3 Å². The summed E-state index contributed by atoms with van der Waals surface area (Å²) in [5.41, 5.74) is 2.22. The van der Waals surface area contributed by atoms with Gasteiger partial charge >= 0.3 is 5.97 Å². The van der Waals surface area contributed by atoms with Crippen LogP contribution >= 0.6 is 0 Å². The average Bonchev–Trinajstić information content (AvgIpc) is 2.67. The molecule has 0 aromatic heterocycles. The molecule has 0 unspecified atom stereocenters. The molecule has 160 valence electrons. The van der Waals surface area contributed by atoms with Crippen molar-refractivity contribution >= 4 is 11.7 Å². The molecule has 1 aromatic carbocycles. The molecule has 0 amide bonds. The van der Waals surface area contributed by atoms with Crippen LogP contribution < -0.4 is 5.32 Å². The predicted molar refractivity (Wildman–Crippen MR) is 121 cm³/mol. The van der Waals surface area contributed by atoms with Crippen molar-refractivity contribution in [3.63, 3.8) is 0 Å². The van der Waals surface area contributed by atoms with Gasteiger partial charge < -0.3 is 10.4 Å². The number of aliphatic carboxylic acids is 1. The smallest absolute Gasteiger partial charge is 0.303 e. The highest BCUT2D eigenvalue weighted by atomic mass is 16.4. The number of benzene rings is 1. The van der Waals surface area contributed by atoms with Crippen molar-refractivity contribution in [1.29, 1.82) is 0 Å². The zero-order chi connectivity index (χ0) is 20.5. The number of unbranched alkanes of at least 4 members (excludes halogenated alkanes) is 10. The Bertz CT molecular complexity index is 496. The van der Waals surface area contributed by atoms with Crippen LogP contribution in [0.4, 0.5) is 5.69 Å². The lowest BCUT2D eigenvalue weighted by atomic mass is 10.0. The molecule has 0 heterocycles. The van der Waals surface area contributed by atoms with Crippen LogP contribution in [0.25, 0.3) is 0 Å². The first-order valence-corrected chi connectivity index (χ1v) is 11.6. The number of carboxylic acids is 1. The molecule has 0 atom stereocenters.